The van der Waals surface area contributed by atoms with Gasteiger partial charge in [-0.1, -0.05) is 29.8 Å². The summed E-state index contributed by atoms with van der Waals surface area (Å²) in [7, 11) is 0. The standard InChI is InChI=1S/C24H29ClF3N3O3/c1-14-5-4-6-16(21(14)25)22-18(34-13-23(2,3)33)9-10-30(22)20(32)12-31-19(24(26,27)28)11-17(29-31)15-7-8-15/h4-6,11,15,18,22,33H,7-10,12-13H2,1-3H3/t18-,22-/m1/s1. The van der Waals surface area contributed by atoms with Gasteiger partial charge in [-0.25, -0.2) is 0 Å². The molecule has 1 aromatic carbocycles. The molecule has 1 aromatic heterocycles. The van der Waals surface area contributed by atoms with E-state index in [0.717, 1.165) is 29.2 Å². The number of aromatic nitrogens is 2. The molecule has 0 radical (unpaired) electrons. The van der Waals surface area contributed by atoms with Crippen LogP contribution in [0.4, 0.5) is 13.2 Å². The molecule has 1 aliphatic heterocycles. The second-order valence-electron chi connectivity index (χ2n) is 9.84. The molecule has 2 aromatic rings. The highest BCUT2D eigenvalue weighted by molar-refractivity contribution is 6.32. The molecular weight excluding hydrogens is 471 g/mol. The van der Waals surface area contributed by atoms with E-state index in [9.17, 15) is 23.1 Å². The number of rotatable bonds is 7. The fourth-order valence-electron chi connectivity index (χ4n) is 4.38. The predicted octanol–water partition coefficient (Wildman–Crippen LogP) is 4.87. The first kappa shape index (κ1) is 25.0. The Bertz CT molecular complexity index is 1060. The molecule has 2 fully saturated rings. The van der Waals surface area contributed by atoms with Crippen molar-refractivity contribution < 1.29 is 27.8 Å². The lowest BCUT2D eigenvalue weighted by Crippen LogP contribution is -2.38. The maximum absolute atomic E-state index is 13.6. The summed E-state index contributed by atoms with van der Waals surface area (Å²) in [6, 6.07) is 5.93. The van der Waals surface area contributed by atoms with Crippen molar-refractivity contribution in [2.45, 2.75) is 76.4 Å². The first-order chi connectivity index (χ1) is 15.8. The monoisotopic (exact) mass is 499 g/mol. The van der Waals surface area contributed by atoms with Gasteiger partial charge in [0.05, 0.1) is 30.0 Å². The molecule has 2 aliphatic rings. The number of aliphatic hydroxyl groups is 1. The minimum Gasteiger partial charge on any atom is -0.388 e. The summed E-state index contributed by atoms with van der Waals surface area (Å²) in [6.45, 7) is 4.89. The number of nitrogens with zero attached hydrogens (tertiary/aromatic N) is 3. The fourth-order valence-corrected chi connectivity index (χ4v) is 4.62. The van der Waals surface area contributed by atoms with Crippen molar-refractivity contribution in [3.8, 4) is 0 Å². The number of amides is 1. The number of hydrogen-bond acceptors (Lipinski definition) is 4. The molecule has 1 saturated carbocycles. The van der Waals surface area contributed by atoms with Gasteiger partial charge in [0, 0.05) is 17.5 Å². The van der Waals surface area contributed by atoms with Crippen molar-refractivity contribution >= 4 is 17.5 Å². The van der Waals surface area contributed by atoms with E-state index in [-0.39, 0.29) is 12.5 Å². The lowest BCUT2D eigenvalue weighted by molar-refractivity contribution is -0.146. The van der Waals surface area contributed by atoms with E-state index in [1.165, 1.54) is 4.90 Å². The van der Waals surface area contributed by atoms with E-state index < -0.39 is 42.1 Å². The molecule has 2 atom stereocenters. The molecule has 34 heavy (non-hydrogen) atoms. The summed E-state index contributed by atoms with van der Waals surface area (Å²) in [6.07, 6.45) is -2.99. The van der Waals surface area contributed by atoms with Crippen molar-refractivity contribution in [1.82, 2.24) is 14.7 Å². The van der Waals surface area contributed by atoms with Crippen LogP contribution < -0.4 is 0 Å². The minimum atomic E-state index is -4.61. The van der Waals surface area contributed by atoms with Crippen molar-refractivity contribution in [1.29, 1.82) is 0 Å². The van der Waals surface area contributed by atoms with Crippen LogP contribution in [0.2, 0.25) is 5.02 Å². The maximum atomic E-state index is 13.6. The van der Waals surface area contributed by atoms with Crippen LogP contribution in [0.25, 0.3) is 0 Å². The largest absolute Gasteiger partial charge is 0.433 e. The molecule has 2 heterocycles. The van der Waals surface area contributed by atoms with Crippen LogP contribution in [-0.4, -0.2) is 50.6 Å². The molecule has 1 saturated heterocycles. The molecule has 186 valence electrons. The first-order valence-corrected chi connectivity index (χ1v) is 11.8. The highest BCUT2D eigenvalue weighted by atomic mass is 35.5. The van der Waals surface area contributed by atoms with Crippen molar-refractivity contribution in [2.24, 2.45) is 0 Å². The maximum Gasteiger partial charge on any atom is 0.433 e. The summed E-state index contributed by atoms with van der Waals surface area (Å²) in [5.41, 5.74) is -0.120. The molecule has 10 heteroatoms. The molecule has 6 nitrogen and oxygen atoms in total. The average Bonchev–Trinajstić information content (AvgIpc) is 3.34. The second kappa shape index (κ2) is 9.17. The first-order valence-electron chi connectivity index (χ1n) is 11.4. The number of ether oxygens (including phenoxy) is 1. The van der Waals surface area contributed by atoms with Crippen LogP contribution in [-0.2, 0) is 22.3 Å². The third kappa shape index (κ3) is 5.42. The predicted molar refractivity (Wildman–Crippen MR) is 121 cm³/mol. The minimum absolute atomic E-state index is 0.0303. The van der Waals surface area contributed by atoms with Crippen LogP contribution in [0, 0.1) is 6.92 Å². The number of aryl methyl sites for hydroxylation is 1. The van der Waals surface area contributed by atoms with Gasteiger partial charge in [0.15, 0.2) is 0 Å². The van der Waals surface area contributed by atoms with E-state index >= 15 is 0 Å². The smallest absolute Gasteiger partial charge is 0.388 e. The lowest BCUT2D eigenvalue weighted by Gasteiger charge is -2.31. The third-order valence-electron chi connectivity index (χ3n) is 6.22. The number of benzene rings is 1. The number of alkyl halides is 3. The van der Waals surface area contributed by atoms with Gasteiger partial charge in [0.2, 0.25) is 5.91 Å². The Morgan fingerprint density at radius 2 is 1.97 bits per heavy atom. The van der Waals surface area contributed by atoms with Gasteiger partial charge in [-0.05, 0) is 57.2 Å². The molecule has 1 aliphatic carbocycles. The summed E-state index contributed by atoms with van der Waals surface area (Å²) >= 11 is 6.58. The summed E-state index contributed by atoms with van der Waals surface area (Å²) in [5.74, 6) is -0.462. The van der Waals surface area contributed by atoms with E-state index in [0.29, 0.717) is 29.2 Å². The van der Waals surface area contributed by atoms with Crippen LogP contribution in [0.5, 0.6) is 0 Å². The molecule has 4 rings (SSSR count). The van der Waals surface area contributed by atoms with Crippen molar-refractivity contribution in [3.63, 3.8) is 0 Å². The highest BCUT2D eigenvalue weighted by Crippen LogP contribution is 2.42. The molecular formula is C24H29ClF3N3O3. The Morgan fingerprint density at radius 1 is 1.26 bits per heavy atom. The Morgan fingerprint density at radius 3 is 2.59 bits per heavy atom. The van der Waals surface area contributed by atoms with Crippen LogP contribution in [0.3, 0.4) is 0 Å². The summed E-state index contributed by atoms with van der Waals surface area (Å²) < 4.78 is 47.7. The van der Waals surface area contributed by atoms with Gasteiger partial charge >= 0.3 is 6.18 Å². The number of carbonyl (C=O) groups excluding carboxylic acids is 1. The van der Waals surface area contributed by atoms with Gasteiger partial charge in [-0.2, -0.15) is 18.3 Å². The number of halogens is 4. The van der Waals surface area contributed by atoms with Crippen molar-refractivity contribution in [2.75, 3.05) is 13.2 Å². The Kier molecular flexibility index (Phi) is 6.74. The number of hydrogen-bond donors (Lipinski definition) is 1. The number of carbonyl (C=O) groups is 1. The zero-order valence-corrected chi connectivity index (χ0v) is 20.2. The van der Waals surface area contributed by atoms with Crippen molar-refractivity contribution in [3.05, 3.63) is 51.8 Å². The average molecular weight is 500 g/mol. The van der Waals surface area contributed by atoms with Crippen LogP contribution in [0.15, 0.2) is 24.3 Å². The summed E-state index contributed by atoms with van der Waals surface area (Å²) in [4.78, 5) is 14.9. The van der Waals surface area contributed by atoms with Gasteiger partial charge in [0.25, 0.3) is 0 Å². The quantitative estimate of drug-likeness (QED) is 0.590. The van der Waals surface area contributed by atoms with E-state index in [4.69, 9.17) is 16.3 Å². The molecule has 0 unspecified atom stereocenters. The fraction of sp³-hybridized carbons (Fsp3) is 0.583. The SMILES string of the molecule is Cc1cccc([C@@H]2[C@H](OCC(C)(C)O)CCN2C(=O)Cn2nc(C3CC3)cc2C(F)(F)F)c1Cl. The van der Waals surface area contributed by atoms with E-state index in [2.05, 4.69) is 5.10 Å². The molecule has 0 spiro atoms. The zero-order valence-electron chi connectivity index (χ0n) is 19.4. The van der Waals surface area contributed by atoms with Gasteiger partial charge in [-0.15, -0.1) is 0 Å². The zero-order chi connectivity index (χ0) is 24.8. The molecule has 1 N–H and O–H groups in total. The van der Waals surface area contributed by atoms with Gasteiger partial charge < -0.3 is 14.7 Å². The molecule has 0 bridgehead atoms. The third-order valence-corrected chi connectivity index (χ3v) is 6.74. The molecule has 1 amide bonds. The van der Waals surface area contributed by atoms with Crippen LogP contribution >= 0.6 is 11.6 Å². The topological polar surface area (TPSA) is 67.6 Å². The van der Waals surface area contributed by atoms with E-state index in [1.54, 1.807) is 19.9 Å². The lowest BCUT2D eigenvalue weighted by atomic mass is 9.99. The van der Waals surface area contributed by atoms with Gasteiger partial charge in [-0.3, -0.25) is 9.48 Å². The Hall–Kier alpha value is -2.10. The highest BCUT2D eigenvalue weighted by Gasteiger charge is 2.43. The Balaban J connectivity index is 1.63. The number of likely N-dealkylation sites (tertiary alicyclic amines) is 1. The second-order valence-corrected chi connectivity index (χ2v) is 10.2. The summed E-state index contributed by atoms with van der Waals surface area (Å²) in [5, 5.41) is 14.7. The normalized spacial score (nSPS) is 21.4. The van der Waals surface area contributed by atoms with Gasteiger partial charge in [0.1, 0.15) is 12.2 Å². The van der Waals surface area contributed by atoms with E-state index in [1.807, 2.05) is 19.1 Å². The van der Waals surface area contributed by atoms with Crippen LogP contribution in [0.1, 0.15) is 67.6 Å². The Labute approximate surface area is 201 Å².